The van der Waals surface area contributed by atoms with Crippen molar-refractivity contribution in [2.24, 2.45) is 5.92 Å². The highest BCUT2D eigenvalue weighted by molar-refractivity contribution is 7.20. The maximum atomic E-state index is 13.0. The molecule has 2 aromatic rings. The smallest absolute Gasteiger partial charge is 0.261 e. The summed E-state index contributed by atoms with van der Waals surface area (Å²) in [6.45, 7) is 13.6. The van der Waals surface area contributed by atoms with Gasteiger partial charge in [-0.2, -0.15) is 0 Å². The SMILES string of the molecule is CC(C)(C)c1ccc2cc(C(=O)NC3C4CCN(CC4)C3(C)C)sc2c1. The second-order valence-electron chi connectivity index (χ2n) is 9.54. The van der Waals surface area contributed by atoms with Gasteiger partial charge in [0.1, 0.15) is 0 Å². The molecule has 0 radical (unpaired) electrons. The number of amides is 1. The predicted molar refractivity (Wildman–Crippen MR) is 110 cm³/mol. The molecule has 2 bridgehead atoms. The summed E-state index contributed by atoms with van der Waals surface area (Å²) >= 11 is 1.62. The highest BCUT2D eigenvalue weighted by atomic mass is 32.1. The lowest BCUT2D eigenvalue weighted by molar-refractivity contribution is -0.0377. The number of nitrogens with one attached hydrogen (secondary N) is 1. The van der Waals surface area contributed by atoms with Crippen molar-refractivity contribution in [3.8, 4) is 0 Å². The summed E-state index contributed by atoms with van der Waals surface area (Å²) in [7, 11) is 0. The van der Waals surface area contributed by atoms with Crippen LogP contribution in [-0.2, 0) is 5.41 Å². The maximum absolute atomic E-state index is 13.0. The van der Waals surface area contributed by atoms with Crippen LogP contribution in [0.2, 0.25) is 0 Å². The van der Waals surface area contributed by atoms with Crippen LogP contribution in [0.25, 0.3) is 10.1 Å². The fourth-order valence-electron chi connectivity index (χ4n) is 4.70. The van der Waals surface area contributed by atoms with E-state index in [0.29, 0.717) is 5.92 Å². The number of rotatable bonds is 2. The van der Waals surface area contributed by atoms with Crippen LogP contribution >= 0.6 is 11.3 Å². The maximum Gasteiger partial charge on any atom is 0.261 e. The Bertz CT molecular complexity index is 837. The van der Waals surface area contributed by atoms with Crippen molar-refractivity contribution in [2.75, 3.05) is 13.1 Å². The van der Waals surface area contributed by atoms with Gasteiger partial charge in [-0.25, -0.2) is 0 Å². The molecule has 1 unspecified atom stereocenters. The van der Waals surface area contributed by atoms with Crippen LogP contribution in [0.5, 0.6) is 0 Å². The van der Waals surface area contributed by atoms with Crippen LogP contribution in [0.3, 0.4) is 0 Å². The Balaban J connectivity index is 1.58. The normalized spacial score (nSPS) is 27.7. The summed E-state index contributed by atoms with van der Waals surface area (Å²) in [4.78, 5) is 16.4. The average Bonchev–Trinajstić information content (AvgIpc) is 3.01. The van der Waals surface area contributed by atoms with Gasteiger partial charge in [0.15, 0.2) is 0 Å². The van der Waals surface area contributed by atoms with Crippen molar-refractivity contribution in [2.45, 2.75) is 64.5 Å². The number of carbonyl (C=O) groups excluding carboxylic acids is 1. The van der Waals surface area contributed by atoms with Gasteiger partial charge in [-0.15, -0.1) is 11.3 Å². The Labute approximate surface area is 160 Å². The Morgan fingerprint density at radius 3 is 2.50 bits per heavy atom. The van der Waals surface area contributed by atoms with E-state index in [1.54, 1.807) is 11.3 Å². The van der Waals surface area contributed by atoms with Crippen molar-refractivity contribution < 1.29 is 4.79 Å². The van der Waals surface area contributed by atoms with Crippen LogP contribution in [0.1, 0.15) is 62.7 Å². The van der Waals surface area contributed by atoms with E-state index in [1.165, 1.54) is 41.6 Å². The minimum atomic E-state index is 0.0485. The molecule has 1 N–H and O–H groups in total. The summed E-state index contributed by atoms with van der Waals surface area (Å²) in [5.74, 6) is 0.705. The lowest BCUT2D eigenvalue weighted by Crippen LogP contribution is -2.69. The van der Waals surface area contributed by atoms with E-state index in [1.807, 2.05) is 0 Å². The van der Waals surface area contributed by atoms with Crippen molar-refractivity contribution in [3.63, 3.8) is 0 Å². The largest absolute Gasteiger partial charge is 0.346 e. The molecule has 4 heteroatoms. The number of nitrogens with zero attached hydrogens (tertiary/aromatic N) is 1. The number of hydrogen-bond acceptors (Lipinski definition) is 3. The van der Waals surface area contributed by atoms with Gasteiger partial charge in [0.25, 0.3) is 5.91 Å². The van der Waals surface area contributed by atoms with Gasteiger partial charge in [0.05, 0.1) is 4.88 Å². The van der Waals surface area contributed by atoms with Crippen LogP contribution in [0, 0.1) is 5.92 Å². The van der Waals surface area contributed by atoms with Crippen molar-refractivity contribution in [1.29, 1.82) is 0 Å². The zero-order valence-electron chi connectivity index (χ0n) is 16.6. The fraction of sp³-hybridized carbons (Fsp3) is 0.591. The minimum Gasteiger partial charge on any atom is -0.346 e. The van der Waals surface area contributed by atoms with Gasteiger partial charge < -0.3 is 5.32 Å². The number of fused-ring (bicyclic) bond motifs is 4. The van der Waals surface area contributed by atoms with E-state index < -0.39 is 0 Å². The minimum absolute atomic E-state index is 0.0485. The molecular formula is C22H30N2OS. The quantitative estimate of drug-likeness (QED) is 0.823. The molecule has 3 aliphatic rings. The van der Waals surface area contributed by atoms with Crippen LogP contribution in [0.15, 0.2) is 24.3 Å². The number of thiophene rings is 1. The van der Waals surface area contributed by atoms with E-state index in [-0.39, 0.29) is 22.9 Å². The lowest BCUT2D eigenvalue weighted by atomic mass is 9.72. The fourth-order valence-corrected chi connectivity index (χ4v) is 5.70. The molecule has 1 aromatic heterocycles. The Kier molecular flexibility index (Phi) is 4.20. The summed E-state index contributed by atoms with van der Waals surface area (Å²) in [6.07, 6.45) is 2.41. The van der Waals surface area contributed by atoms with Crippen molar-refractivity contribution in [3.05, 3.63) is 34.7 Å². The van der Waals surface area contributed by atoms with E-state index >= 15 is 0 Å². The predicted octanol–water partition coefficient (Wildman–Crippen LogP) is 4.80. The molecule has 26 heavy (non-hydrogen) atoms. The molecule has 3 aliphatic heterocycles. The molecular weight excluding hydrogens is 340 g/mol. The van der Waals surface area contributed by atoms with Gasteiger partial charge in [0, 0.05) is 16.3 Å². The molecule has 1 atom stereocenters. The summed E-state index contributed by atoms with van der Waals surface area (Å²) in [5, 5.41) is 4.56. The number of carbonyl (C=O) groups is 1. The van der Waals surface area contributed by atoms with E-state index in [0.717, 1.165) is 4.88 Å². The summed E-state index contributed by atoms with van der Waals surface area (Å²) in [5.41, 5.74) is 1.49. The molecule has 1 amide bonds. The molecule has 4 heterocycles. The zero-order chi connectivity index (χ0) is 18.7. The second-order valence-corrected chi connectivity index (χ2v) is 10.6. The molecule has 0 aliphatic carbocycles. The number of hydrogen-bond donors (Lipinski definition) is 1. The highest BCUT2D eigenvalue weighted by Gasteiger charge is 2.48. The van der Waals surface area contributed by atoms with Gasteiger partial charge in [-0.3, -0.25) is 9.69 Å². The van der Waals surface area contributed by atoms with Crippen LogP contribution in [0.4, 0.5) is 0 Å². The van der Waals surface area contributed by atoms with Gasteiger partial charge in [-0.05, 0) is 74.2 Å². The van der Waals surface area contributed by atoms with Gasteiger partial charge >= 0.3 is 0 Å². The molecule has 3 saturated heterocycles. The number of benzene rings is 1. The topological polar surface area (TPSA) is 32.3 Å². The summed E-state index contributed by atoms with van der Waals surface area (Å²) < 4.78 is 1.20. The van der Waals surface area contributed by atoms with Crippen LogP contribution in [-0.4, -0.2) is 35.5 Å². The monoisotopic (exact) mass is 370 g/mol. The average molecular weight is 371 g/mol. The zero-order valence-corrected chi connectivity index (χ0v) is 17.4. The molecule has 140 valence electrons. The Morgan fingerprint density at radius 2 is 1.88 bits per heavy atom. The molecule has 3 nitrogen and oxygen atoms in total. The molecule has 1 aromatic carbocycles. The van der Waals surface area contributed by atoms with E-state index in [2.05, 4.69) is 69.1 Å². The molecule has 5 rings (SSSR count). The van der Waals surface area contributed by atoms with Crippen molar-refractivity contribution >= 4 is 27.3 Å². The first-order valence-corrected chi connectivity index (χ1v) is 10.6. The van der Waals surface area contributed by atoms with E-state index in [9.17, 15) is 4.79 Å². The third-order valence-electron chi connectivity index (χ3n) is 6.48. The third kappa shape index (κ3) is 2.97. The number of piperidine rings is 3. The summed E-state index contributed by atoms with van der Waals surface area (Å²) in [6, 6.07) is 8.88. The van der Waals surface area contributed by atoms with Crippen LogP contribution < -0.4 is 5.32 Å². The van der Waals surface area contributed by atoms with Gasteiger partial charge in [0.2, 0.25) is 0 Å². The first-order valence-electron chi connectivity index (χ1n) is 9.76. The lowest BCUT2D eigenvalue weighted by Gasteiger charge is -2.56. The van der Waals surface area contributed by atoms with Gasteiger partial charge in [-0.1, -0.05) is 32.9 Å². The van der Waals surface area contributed by atoms with Crippen molar-refractivity contribution in [1.82, 2.24) is 10.2 Å². The third-order valence-corrected chi connectivity index (χ3v) is 7.58. The Hall–Kier alpha value is -1.39. The molecule has 0 spiro atoms. The Morgan fingerprint density at radius 1 is 1.19 bits per heavy atom. The first-order chi connectivity index (χ1) is 12.2. The first kappa shape index (κ1) is 18.0. The molecule has 3 fully saturated rings. The standard InChI is InChI=1S/C22H30N2OS/c1-21(2,3)16-7-6-15-12-18(26-17(15)13-16)20(25)23-19-14-8-10-24(11-9-14)22(19,4)5/h6-7,12-14,19H,8-11H2,1-5H3,(H,23,25). The van der Waals surface area contributed by atoms with E-state index in [4.69, 9.17) is 0 Å². The second kappa shape index (κ2) is 6.07. The highest BCUT2D eigenvalue weighted by Crippen LogP contribution is 2.39. The molecule has 0 saturated carbocycles.